The van der Waals surface area contributed by atoms with E-state index in [-0.39, 0.29) is 11.4 Å². The molecule has 0 spiro atoms. The van der Waals surface area contributed by atoms with Gasteiger partial charge >= 0.3 is 21.6 Å². The van der Waals surface area contributed by atoms with Crippen LogP contribution in [-0.2, 0) is 10.2 Å². The van der Waals surface area contributed by atoms with Gasteiger partial charge in [-0.2, -0.15) is 8.42 Å². The van der Waals surface area contributed by atoms with Crippen molar-refractivity contribution in [1.82, 2.24) is 34.9 Å². The first-order valence-electron chi connectivity index (χ1n) is 17.6. The first-order valence-corrected chi connectivity index (χ1v) is 19.1. The molecule has 1 aliphatic heterocycles. The van der Waals surface area contributed by atoms with E-state index in [0.29, 0.717) is 11.4 Å². The van der Waals surface area contributed by atoms with Crippen molar-refractivity contribution in [2.45, 2.75) is 41.5 Å². The molecule has 0 unspecified atom stereocenters. The maximum atomic E-state index is 11.0. The summed E-state index contributed by atoms with van der Waals surface area (Å²) in [5.74, 6) is 0. The zero-order valence-corrected chi connectivity index (χ0v) is 32.3. The third-order valence-electron chi connectivity index (χ3n) is 8.30. The molecule has 1 aliphatic rings. The normalized spacial score (nSPS) is 11.8. The van der Waals surface area contributed by atoms with E-state index in [1.165, 1.54) is 16.5 Å². The van der Waals surface area contributed by atoms with Crippen LogP contribution in [0.5, 0.6) is 0 Å². The molecule has 8 N–H and O–H groups in total. The summed E-state index contributed by atoms with van der Waals surface area (Å²) in [6.07, 6.45) is 3.67. The molecule has 13 nitrogen and oxygen atoms in total. The van der Waals surface area contributed by atoms with Crippen molar-refractivity contribution in [2.75, 3.05) is 9.44 Å². The van der Waals surface area contributed by atoms with Crippen molar-refractivity contribution >= 4 is 65.6 Å². The smallest absolute Gasteiger partial charge is 0.323 e. The molecule has 0 bridgehead atoms. The van der Waals surface area contributed by atoms with E-state index < -0.39 is 10.2 Å². The lowest BCUT2D eigenvalue weighted by atomic mass is 10.2. The number of benzene rings is 5. The zero-order valence-electron chi connectivity index (χ0n) is 31.5. The van der Waals surface area contributed by atoms with Gasteiger partial charge in [0.05, 0.1) is 50.8 Å². The zero-order chi connectivity index (χ0) is 39.5. The molecule has 10 rings (SSSR count). The highest BCUT2D eigenvalue weighted by Gasteiger charge is 2.22. The maximum Gasteiger partial charge on any atom is 0.323 e. The summed E-state index contributed by atoms with van der Waals surface area (Å²) in [7, 11) is -3.33. The summed E-state index contributed by atoms with van der Waals surface area (Å²) < 4.78 is 26.8. The minimum atomic E-state index is -3.33. The Hall–Kier alpha value is -6.80. The van der Waals surface area contributed by atoms with E-state index in [1.54, 1.807) is 12.4 Å². The van der Waals surface area contributed by atoms with Gasteiger partial charge < -0.3 is 29.9 Å². The highest BCUT2D eigenvalue weighted by Crippen LogP contribution is 2.32. The van der Waals surface area contributed by atoms with E-state index in [2.05, 4.69) is 75.5 Å². The number of H-pyrrole nitrogens is 6. The van der Waals surface area contributed by atoms with Gasteiger partial charge in [0.2, 0.25) is 0 Å². The molecule has 55 heavy (non-hydrogen) atoms. The monoisotopic (exact) mass is 759 g/mol. The third kappa shape index (κ3) is 10.2. The Balaban J connectivity index is 0.000000131. The Morgan fingerprint density at radius 1 is 0.545 bits per heavy atom. The van der Waals surface area contributed by atoms with Gasteiger partial charge in [0.1, 0.15) is 0 Å². The van der Waals surface area contributed by atoms with Crippen LogP contribution in [0, 0.1) is 27.7 Å². The molecule has 14 heteroatoms. The average molecular weight is 760 g/mol. The molecule has 0 aliphatic carbocycles. The number of fused-ring (bicyclic) bond motifs is 5. The Morgan fingerprint density at radius 2 is 1.18 bits per heavy atom. The molecule has 9 aromatic rings. The van der Waals surface area contributed by atoms with Crippen molar-refractivity contribution in [2.24, 2.45) is 0 Å². The standard InChI is InChI=1S/2C8H8N2O.C8H8N2.C8H7N.C7H8N2O2S.C2H6/c1-5-2-3-6-7(4-5)10-8(11)9-6;1-5-3-2-4-6-7(5)10-8(11)9-6;1-6-3-2-4-7-8(6)10-5-9-7;1-2-4-8-7(3-1)5-6-9-8;1-5-3-2-4-6-7(5)9-12(10,11)8-6;1-2/h2*2-4H,1H3,(H2,9,10,11);2-5H,1H3,(H,9,10);1-6,9H;2-4,8-9H,1H3;1-2H3. The summed E-state index contributed by atoms with van der Waals surface area (Å²) in [5.41, 5.74) is 12.2. The van der Waals surface area contributed by atoms with E-state index in [9.17, 15) is 18.0 Å². The molecule has 0 amide bonds. The third-order valence-corrected chi connectivity index (χ3v) is 9.26. The second kappa shape index (κ2) is 17.8. The second-order valence-electron chi connectivity index (χ2n) is 12.3. The summed E-state index contributed by atoms with van der Waals surface area (Å²) >= 11 is 0. The molecule has 0 atom stereocenters. The largest absolute Gasteiger partial charge is 0.361 e. The highest BCUT2D eigenvalue weighted by atomic mass is 32.2. The maximum absolute atomic E-state index is 11.0. The van der Waals surface area contributed by atoms with Crippen LogP contribution in [0.4, 0.5) is 11.4 Å². The number of hydrogen-bond acceptors (Lipinski definition) is 5. The average Bonchev–Trinajstić information content (AvgIpc) is 4.00. The van der Waals surface area contributed by atoms with Gasteiger partial charge in [-0.25, -0.2) is 14.6 Å². The second-order valence-corrected chi connectivity index (χ2v) is 13.8. The number of rotatable bonds is 0. The molecular weight excluding hydrogens is 715 g/mol. The van der Waals surface area contributed by atoms with Gasteiger partial charge in [-0.3, -0.25) is 9.44 Å². The molecule has 4 aromatic heterocycles. The Kier molecular flexibility index (Phi) is 12.8. The quantitative estimate of drug-likeness (QED) is 0.0765. The van der Waals surface area contributed by atoms with Crippen LogP contribution in [0.15, 0.2) is 125 Å². The molecule has 0 saturated carbocycles. The number of para-hydroxylation sites is 4. The van der Waals surface area contributed by atoms with Crippen LogP contribution in [0.1, 0.15) is 36.1 Å². The van der Waals surface area contributed by atoms with Gasteiger partial charge in [0.25, 0.3) is 0 Å². The molecule has 5 heterocycles. The van der Waals surface area contributed by atoms with Gasteiger partial charge in [-0.15, -0.1) is 0 Å². The van der Waals surface area contributed by atoms with Gasteiger partial charge in [-0.05, 0) is 97.8 Å². The van der Waals surface area contributed by atoms with Crippen molar-refractivity contribution in [3.63, 3.8) is 0 Å². The fourth-order valence-corrected chi connectivity index (χ4v) is 6.70. The summed E-state index contributed by atoms with van der Waals surface area (Å²) in [6, 6.07) is 33.3. The first kappa shape index (κ1) is 39.4. The Labute approximate surface area is 317 Å². The number of nitrogens with one attached hydrogen (secondary N) is 8. The number of imidazole rings is 3. The minimum absolute atomic E-state index is 0.144. The Bertz CT molecular complexity index is 2850. The van der Waals surface area contributed by atoms with E-state index >= 15 is 0 Å². The highest BCUT2D eigenvalue weighted by molar-refractivity contribution is 7.94. The lowest BCUT2D eigenvalue weighted by Gasteiger charge is -1.98. The number of nitrogens with zero attached hydrogens (tertiary/aromatic N) is 1. The van der Waals surface area contributed by atoms with Crippen LogP contribution < -0.4 is 20.8 Å². The number of aromatic amines is 6. The molecule has 284 valence electrons. The van der Waals surface area contributed by atoms with E-state index in [1.807, 2.05) is 114 Å². The molecule has 0 fully saturated rings. The van der Waals surface area contributed by atoms with Crippen LogP contribution in [0.3, 0.4) is 0 Å². The summed E-state index contributed by atoms with van der Waals surface area (Å²) in [6.45, 7) is 11.9. The summed E-state index contributed by atoms with van der Waals surface area (Å²) in [5, 5.41) is 1.28. The van der Waals surface area contributed by atoms with E-state index in [4.69, 9.17) is 0 Å². The van der Waals surface area contributed by atoms with Crippen molar-refractivity contribution in [3.8, 4) is 0 Å². The van der Waals surface area contributed by atoms with Crippen LogP contribution >= 0.6 is 0 Å². The van der Waals surface area contributed by atoms with Crippen molar-refractivity contribution in [3.05, 3.63) is 159 Å². The minimum Gasteiger partial charge on any atom is -0.361 e. The van der Waals surface area contributed by atoms with Crippen molar-refractivity contribution < 1.29 is 8.42 Å². The predicted molar refractivity (Wildman–Crippen MR) is 225 cm³/mol. The van der Waals surface area contributed by atoms with Crippen molar-refractivity contribution in [1.29, 1.82) is 0 Å². The number of anilines is 2. The lowest BCUT2D eigenvalue weighted by molar-refractivity contribution is 0.607. The SMILES string of the molecule is CC.Cc1ccc2[nH]c(=O)[nH]c2c1.Cc1cccc2[nH]c(=O)[nH]c12.Cc1cccc2[nH]cnc12.Cc1cccc2c1NS(=O)(=O)N2.c1ccc2[nH]ccc2c1. The van der Waals surface area contributed by atoms with Gasteiger partial charge in [-0.1, -0.05) is 74.5 Å². The topological polar surface area (TPSA) is 200 Å². The van der Waals surface area contributed by atoms with Gasteiger partial charge in [0.15, 0.2) is 0 Å². The van der Waals surface area contributed by atoms with E-state index in [0.717, 1.165) is 49.8 Å². The van der Waals surface area contributed by atoms with Gasteiger partial charge in [0, 0.05) is 11.7 Å². The van der Waals surface area contributed by atoms with Crippen LogP contribution in [0.2, 0.25) is 0 Å². The van der Waals surface area contributed by atoms with Crippen LogP contribution in [-0.4, -0.2) is 43.3 Å². The number of aryl methyl sites for hydroxylation is 4. The lowest BCUT2D eigenvalue weighted by Crippen LogP contribution is -2.12. The molecule has 0 saturated heterocycles. The fourth-order valence-electron chi connectivity index (χ4n) is 5.65. The molecule has 0 radical (unpaired) electrons. The van der Waals surface area contributed by atoms with Crippen LogP contribution in [0.25, 0.3) is 44.0 Å². The predicted octanol–water partition coefficient (Wildman–Crippen LogP) is 8.47. The Morgan fingerprint density at radius 3 is 1.91 bits per heavy atom. The summed E-state index contributed by atoms with van der Waals surface area (Å²) in [4.78, 5) is 42.7. The molecule has 5 aromatic carbocycles. The number of hydrogen-bond donors (Lipinski definition) is 8. The molecular formula is C41H45N9O4S. The fraction of sp³-hybridized carbons (Fsp3) is 0.146. The first-order chi connectivity index (χ1) is 26.5. The number of aromatic nitrogens is 7.